The van der Waals surface area contributed by atoms with Gasteiger partial charge in [-0.25, -0.2) is 0 Å². The minimum atomic E-state index is -0.308. The van der Waals surface area contributed by atoms with Crippen molar-refractivity contribution in [2.45, 2.75) is 19.2 Å². The van der Waals surface area contributed by atoms with E-state index in [-0.39, 0.29) is 6.10 Å². The summed E-state index contributed by atoms with van der Waals surface area (Å²) in [5, 5.41) is 13.2. The molecule has 2 aromatic rings. The van der Waals surface area contributed by atoms with Gasteiger partial charge in [-0.3, -0.25) is 9.80 Å². The minimum absolute atomic E-state index is 0.308. The molecule has 4 rings (SSSR count). The van der Waals surface area contributed by atoms with Crippen LogP contribution in [0.1, 0.15) is 11.1 Å². The van der Waals surface area contributed by atoms with Crippen molar-refractivity contribution in [3.05, 3.63) is 47.5 Å². The number of morpholine rings is 1. The fourth-order valence-corrected chi connectivity index (χ4v) is 3.87. The van der Waals surface area contributed by atoms with Crippen LogP contribution in [0.25, 0.3) is 10.8 Å². The largest absolute Gasteiger partial charge is 0.390 e. The first kappa shape index (κ1) is 15.1. The lowest BCUT2D eigenvalue weighted by Gasteiger charge is -2.33. The maximum atomic E-state index is 10.5. The zero-order chi connectivity index (χ0) is 15.6. The van der Waals surface area contributed by atoms with Crippen molar-refractivity contribution in [2.24, 2.45) is 0 Å². The van der Waals surface area contributed by atoms with E-state index >= 15 is 0 Å². The van der Waals surface area contributed by atoms with E-state index in [4.69, 9.17) is 4.74 Å². The van der Waals surface area contributed by atoms with Crippen LogP contribution in [0.5, 0.6) is 0 Å². The minimum Gasteiger partial charge on any atom is -0.390 e. The Balaban J connectivity index is 1.43. The molecule has 0 radical (unpaired) electrons. The third kappa shape index (κ3) is 3.26. The molecule has 23 heavy (non-hydrogen) atoms. The normalized spacial score (nSPS) is 20.7. The number of aliphatic hydroxyl groups excluding tert-OH is 1. The predicted octanol–water partition coefficient (Wildman–Crippen LogP) is 1.85. The van der Waals surface area contributed by atoms with Crippen LogP contribution in [0.15, 0.2) is 36.4 Å². The monoisotopic (exact) mass is 312 g/mol. The van der Waals surface area contributed by atoms with Gasteiger partial charge in [0.25, 0.3) is 0 Å². The fraction of sp³-hybridized carbons (Fsp3) is 0.474. The van der Waals surface area contributed by atoms with Gasteiger partial charge in [0.1, 0.15) is 0 Å². The average molecular weight is 312 g/mol. The molecule has 4 heteroatoms. The van der Waals surface area contributed by atoms with E-state index in [0.717, 1.165) is 52.5 Å². The molecule has 1 unspecified atom stereocenters. The van der Waals surface area contributed by atoms with E-state index in [2.05, 4.69) is 46.2 Å². The predicted molar refractivity (Wildman–Crippen MR) is 91.3 cm³/mol. The first-order valence-corrected chi connectivity index (χ1v) is 8.49. The fourth-order valence-electron chi connectivity index (χ4n) is 3.87. The van der Waals surface area contributed by atoms with Crippen LogP contribution in [-0.2, 0) is 17.8 Å². The van der Waals surface area contributed by atoms with Crippen molar-refractivity contribution in [1.29, 1.82) is 0 Å². The highest BCUT2D eigenvalue weighted by molar-refractivity contribution is 5.89. The molecule has 2 aliphatic heterocycles. The molecule has 0 aromatic heterocycles. The van der Waals surface area contributed by atoms with Gasteiger partial charge in [-0.05, 0) is 21.9 Å². The molecule has 122 valence electrons. The summed E-state index contributed by atoms with van der Waals surface area (Å²) in [5.41, 5.74) is 2.76. The van der Waals surface area contributed by atoms with Gasteiger partial charge < -0.3 is 9.84 Å². The van der Waals surface area contributed by atoms with Crippen LogP contribution in [0.4, 0.5) is 0 Å². The lowest BCUT2D eigenvalue weighted by molar-refractivity contribution is 0.00540. The van der Waals surface area contributed by atoms with Crippen LogP contribution in [-0.4, -0.2) is 60.4 Å². The number of ether oxygens (including phenoxy) is 1. The molecule has 1 fully saturated rings. The van der Waals surface area contributed by atoms with Crippen molar-refractivity contribution in [3.8, 4) is 0 Å². The Kier molecular flexibility index (Phi) is 4.31. The Morgan fingerprint density at radius 1 is 0.913 bits per heavy atom. The molecule has 0 saturated carbocycles. The molecule has 2 heterocycles. The van der Waals surface area contributed by atoms with Crippen molar-refractivity contribution in [1.82, 2.24) is 9.80 Å². The zero-order valence-electron chi connectivity index (χ0n) is 13.4. The number of β-amino-alcohol motifs (C(OH)–C–C–N with tert-alkyl or cyclic N) is 1. The quantitative estimate of drug-likeness (QED) is 0.935. The SMILES string of the molecule is OC(CN1CCOCC1)CN1Cc2cccc3cccc(c23)C1. The second kappa shape index (κ2) is 6.57. The van der Waals surface area contributed by atoms with Crippen LogP contribution < -0.4 is 0 Å². The van der Waals surface area contributed by atoms with E-state index < -0.39 is 0 Å². The molecular formula is C19H24N2O2. The van der Waals surface area contributed by atoms with Gasteiger partial charge in [-0.2, -0.15) is 0 Å². The molecule has 1 atom stereocenters. The lowest BCUT2D eigenvalue weighted by atomic mass is 9.95. The second-order valence-corrected chi connectivity index (χ2v) is 6.67. The van der Waals surface area contributed by atoms with Gasteiger partial charge in [-0.15, -0.1) is 0 Å². The molecular weight excluding hydrogens is 288 g/mol. The molecule has 1 saturated heterocycles. The molecule has 4 nitrogen and oxygen atoms in total. The van der Waals surface area contributed by atoms with Crippen molar-refractivity contribution in [2.75, 3.05) is 39.4 Å². The summed E-state index contributed by atoms with van der Waals surface area (Å²) in [6, 6.07) is 13.1. The summed E-state index contributed by atoms with van der Waals surface area (Å²) < 4.78 is 5.37. The van der Waals surface area contributed by atoms with E-state index in [9.17, 15) is 5.11 Å². The standard InChI is InChI=1S/C19H24N2O2/c22-18(13-20-7-9-23-10-8-20)14-21-11-16-5-1-3-15-4-2-6-17(12-21)19(15)16/h1-6,18,22H,7-14H2. The third-order valence-electron chi connectivity index (χ3n) is 4.91. The van der Waals surface area contributed by atoms with Crippen LogP contribution in [0, 0.1) is 0 Å². The summed E-state index contributed by atoms with van der Waals surface area (Å²) in [5.74, 6) is 0. The Hall–Kier alpha value is -1.46. The smallest absolute Gasteiger partial charge is 0.0794 e. The Morgan fingerprint density at radius 3 is 2.17 bits per heavy atom. The molecule has 0 bridgehead atoms. The third-order valence-corrected chi connectivity index (χ3v) is 4.91. The van der Waals surface area contributed by atoms with Crippen LogP contribution in [0.3, 0.4) is 0 Å². The Bertz CT molecular complexity index is 641. The summed E-state index contributed by atoms with van der Waals surface area (Å²) in [4.78, 5) is 4.66. The van der Waals surface area contributed by atoms with Gasteiger partial charge >= 0.3 is 0 Å². The molecule has 2 aliphatic rings. The van der Waals surface area contributed by atoms with Crippen LogP contribution >= 0.6 is 0 Å². The first-order chi connectivity index (χ1) is 11.3. The molecule has 1 N–H and O–H groups in total. The highest BCUT2D eigenvalue weighted by Crippen LogP contribution is 2.29. The van der Waals surface area contributed by atoms with Gasteiger partial charge in [0.2, 0.25) is 0 Å². The average Bonchev–Trinajstić information content (AvgIpc) is 2.56. The number of aliphatic hydroxyl groups is 1. The van der Waals surface area contributed by atoms with Crippen molar-refractivity contribution >= 4 is 10.8 Å². The summed E-state index contributed by atoms with van der Waals surface area (Å²) in [7, 11) is 0. The highest BCUT2D eigenvalue weighted by atomic mass is 16.5. The Morgan fingerprint density at radius 2 is 1.52 bits per heavy atom. The highest BCUT2D eigenvalue weighted by Gasteiger charge is 2.22. The molecule has 0 spiro atoms. The van der Waals surface area contributed by atoms with Gasteiger partial charge in [0, 0.05) is 39.3 Å². The first-order valence-electron chi connectivity index (χ1n) is 8.49. The number of nitrogens with zero attached hydrogens (tertiary/aromatic N) is 2. The van der Waals surface area contributed by atoms with E-state index in [1.807, 2.05) is 0 Å². The summed E-state index contributed by atoms with van der Waals surface area (Å²) in [6.07, 6.45) is -0.308. The topological polar surface area (TPSA) is 35.9 Å². The van der Waals surface area contributed by atoms with Crippen molar-refractivity contribution in [3.63, 3.8) is 0 Å². The summed E-state index contributed by atoms with van der Waals surface area (Å²) in [6.45, 7) is 6.74. The van der Waals surface area contributed by atoms with Crippen molar-refractivity contribution < 1.29 is 9.84 Å². The lowest BCUT2D eigenvalue weighted by Crippen LogP contribution is -2.44. The number of benzene rings is 2. The number of hydrogen-bond donors (Lipinski definition) is 1. The molecule has 0 aliphatic carbocycles. The van der Waals surface area contributed by atoms with E-state index in [1.165, 1.54) is 21.9 Å². The van der Waals surface area contributed by atoms with Gasteiger partial charge in [-0.1, -0.05) is 36.4 Å². The molecule has 2 aromatic carbocycles. The van der Waals surface area contributed by atoms with E-state index in [0.29, 0.717) is 0 Å². The van der Waals surface area contributed by atoms with Crippen LogP contribution in [0.2, 0.25) is 0 Å². The summed E-state index contributed by atoms with van der Waals surface area (Å²) >= 11 is 0. The maximum Gasteiger partial charge on any atom is 0.0794 e. The zero-order valence-corrected chi connectivity index (χ0v) is 13.4. The maximum absolute atomic E-state index is 10.5. The van der Waals surface area contributed by atoms with Gasteiger partial charge in [0.15, 0.2) is 0 Å². The molecule has 0 amide bonds. The Labute approximate surface area is 137 Å². The number of hydrogen-bond acceptors (Lipinski definition) is 4. The second-order valence-electron chi connectivity index (χ2n) is 6.67. The van der Waals surface area contributed by atoms with Gasteiger partial charge in [0.05, 0.1) is 19.3 Å². The number of rotatable bonds is 4. The van der Waals surface area contributed by atoms with E-state index in [1.54, 1.807) is 0 Å².